The van der Waals surface area contributed by atoms with Crippen molar-refractivity contribution in [1.82, 2.24) is 14.9 Å². The number of benzene rings is 2. The monoisotopic (exact) mass is 415 g/mol. The Morgan fingerprint density at radius 2 is 2.04 bits per heavy atom. The van der Waals surface area contributed by atoms with Gasteiger partial charge in [0, 0.05) is 18.1 Å². The Hall–Kier alpha value is -2.31. The second-order valence-corrected chi connectivity index (χ2v) is 7.88. The molecule has 0 radical (unpaired) electrons. The minimum absolute atomic E-state index is 0.100. The summed E-state index contributed by atoms with van der Waals surface area (Å²) in [5.41, 5.74) is 2.67. The second kappa shape index (κ2) is 9.26. The number of fused-ring (bicyclic) bond motifs is 1. The number of hydrogen-bond acceptors (Lipinski definition) is 4. The molecule has 0 aliphatic rings. The zero-order valence-corrected chi connectivity index (χ0v) is 17.4. The molecule has 28 heavy (non-hydrogen) atoms. The summed E-state index contributed by atoms with van der Waals surface area (Å²) in [6, 6.07) is 13.0. The van der Waals surface area contributed by atoms with E-state index in [2.05, 4.69) is 10.3 Å². The Morgan fingerprint density at radius 1 is 1.25 bits per heavy atom. The van der Waals surface area contributed by atoms with Crippen molar-refractivity contribution in [3.05, 3.63) is 69.0 Å². The first-order valence-corrected chi connectivity index (χ1v) is 10.5. The maximum absolute atomic E-state index is 12.8. The van der Waals surface area contributed by atoms with Crippen molar-refractivity contribution in [2.45, 2.75) is 38.5 Å². The molecule has 0 unspecified atom stereocenters. The van der Waals surface area contributed by atoms with E-state index in [4.69, 9.17) is 11.6 Å². The lowest BCUT2D eigenvalue weighted by molar-refractivity contribution is -0.118. The fourth-order valence-corrected chi connectivity index (χ4v) is 3.91. The Labute approximate surface area is 173 Å². The fraction of sp³-hybridized carbons (Fsp3) is 0.286. The van der Waals surface area contributed by atoms with Gasteiger partial charge in [-0.2, -0.15) is 0 Å². The summed E-state index contributed by atoms with van der Waals surface area (Å²) in [6.07, 6.45) is 0.799. The van der Waals surface area contributed by atoms with Gasteiger partial charge in [-0.15, -0.1) is 0 Å². The van der Waals surface area contributed by atoms with Gasteiger partial charge in [-0.25, -0.2) is 4.98 Å². The Kier molecular flexibility index (Phi) is 6.75. The molecule has 0 atom stereocenters. The van der Waals surface area contributed by atoms with Crippen LogP contribution < -0.4 is 10.9 Å². The van der Waals surface area contributed by atoms with E-state index >= 15 is 0 Å². The molecule has 1 heterocycles. The standard InChI is InChI=1S/C21H22ClN3O2S/c1-3-10-25-20(27)17-9-8-16(22)11-18(17)24-21(25)28-13-19(26)23-12-15-7-5-4-6-14(15)2/h4-9,11H,3,10,12-13H2,1-2H3,(H,23,26). The largest absolute Gasteiger partial charge is 0.351 e. The summed E-state index contributed by atoms with van der Waals surface area (Å²) in [7, 11) is 0. The van der Waals surface area contributed by atoms with Crippen molar-refractivity contribution >= 4 is 40.2 Å². The van der Waals surface area contributed by atoms with Crippen molar-refractivity contribution in [2.24, 2.45) is 0 Å². The molecule has 0 spiro atoms. The van der Waals surface area contributed by atoms with Gasteiger partial charge in [0.2, 0.25) is 5.91 Å². The maximum Gasteiger partial charge on any atom is 0.262 e. The SMILES string of the molecule is CCCn1c(SCC(=O)NCc2ccccc2C)nc2cc(Cl)ccc2c1=O. The molecule has 0 fully saturated rings. The Morgan fingerprint density at radius 3 is 2.79 bits per heavy atom. The highest BCUT2D eigenvalue weighted by Gasteiger charge is 2.13. The third kappa shape index (κ3) is 4.75. The van der Waals surface area contributed by atoms with Crippen LogP contribution in [0.4, 0.5) is 0 Å². The number of nitrogens with one attached hydrogen (secondary N) is 1. The van der Waals surface area contributed by atoms with Crippen molar-refractivity contribution in [1.29, 1.82) is 0 Å². The minimum Gasteiger partial charge on any atom is -0.351 e. The molecular formula is C21H22ClN3O2S. The quantitative estimate of drug-likeness (QED) is 0.464. The first-order chi connectivity index (χ1) is 13.5. The molecule has 7 heteroatoms. The van der Waals surface area contributed by atoms with Gasteiger partial charge in [-0.1, -0.05) is 54.6 Å². The van der Waals surface area contributed by atoms with Crippen molar-refractivity contribution in [2.75, 3.05) is 5.75 Å². The number of thioether (sulfide) groups is 1. The molecule has 0 saturated heterocycles. The molecule has 0 bridgehead atoms. The molecule has 2 aromatic carbocycles. The number of rotatable bonds is 7. The predicted octanol–water partition coefficient (Wildman–Crippen LogP) is 4.18. The molecule has 1 N–H and O–H groups in total. The van der Waals surface area contributed by atoms with E-state index < -0.39 is 0 Å². The smallest absolute Gasteiger partial charge is 0.262 e. The van der Waals surface area contributed by atoms with E-state index in [0.717, 1.165) is 17.5 Å². The highest BCUT2D eigenvalue weighted by Crippen LogP contribution is 2.20. The molecular weight excluding hydrogens is 394 g/mol. The fourth-order valence-electron chi connectivity index (χ4n) is 2.89. The van der Waals surface area contributed by atoms with Crippen LogP contribution in [0.5, 0.6) is 0 Å². The van der Waals surface area contributed by atoms with Gasteiger partial charge in [-0.05, 0) is 42.7 Å². The number of carbonyl (C=O) groups is 1. The van der Waals surface area contributed by atoms with Crippen molar-refractivity contribution < 1.29 is 4.79 Å². The number of amides is 1. The van der Waals surface area contributed by atoms with Gasteiger partial charge >= 0.3 is 0 Å². The molecule has 146 valence electrons. The number of aromatic nitrogens is 2. The molecule has 0 saturated carbocycles. The van der Waals surface area contributed by atoms with E-state index in [1.807, 2.05) is 38.1 Å². The lowest BCUT2D eigenvalue weighted by Crippen LogP contribution is -2.27. The van der Waals surface area contributed by atoms with Gasteiger partial charge in [0.05, 0.1) is 16.7 Å². The summed E-state index contributed by atoms with van der Waals surface area (Å²) < 4.78 is 1.63. The average molecular weight is 416 g/mol. The van der Waals surface area contributed by atoms with Crippen LogP contribution >= 0.6 is 23.4 Å². The average Bonchev–Trinajstić information content (AvgIpc) is 2.68. The van der Waals surface area contributed by atoms with E-state index in [0.29, 0.717) is 34.2 Å². The Bertz CT molecular complexity index is 1070. The van der Waals surface area contributed by atoms with Crippen LogP contribution in [0.2, 0.25) is 5.02 Å². The number of carbonyl (C=O) groups excluding carboxylic acids is 1. The van der Waals surface area contributed by atoms with Gasteiger partial charge in [0.25, 0.3) is 5.56 Å². The molecule has 3 aromatic rings. The molecule has 0 aliphatic carbocycles. The van der Waals surface area contributed by atoms with Crippen molar-refractivity contribution in [3.63, 3.8) is 0 Å². The topological polar surface area (TPSA) is 64.0 Å². The van der Waals surface area contributed by atoms with Crippen LogP contribution in [0.1, 0.15) is 24.5 Å². The minimum atomic E-state index is -0.105. The van der Waals surface area contributed by atoms with Crippen LogP contribution in [0.3, 0.4) is 0 Å². The summed E-state index contributed by atoms with van der Waals surface area (Å²) in [5, 5.41) is 4.52. The van der Waals surface area contributed by atoms with Gasteiger partial charge < -0.3 is 5.32 Å². The van der Waals surface area contributed by atoms with Crippen LogP contribution in [-0.4, -0.2) is 21.2 Å². The highest BCUT2D eigenvalue weighted by atomic mass is 35.5. The lowest BCUT2D eigenvalue weighted by atomic mass is 10.1. The zero-order valence-electron chi connectivity index (χ0n) is 15.9. The summed E-state index contributed by atoms with van der Waals surface area (Å²) in [6.45, 7) is 5.05. The van der Waals surface area contributed by atoms with Gasteiger partial charge in [0.15, 0.2) is 5.16 Å². The molecule has 0 aliphatic heterocycles. The first kappa shape index (κ1) is 20.4. The summed E-state index contributed by atoms with van der Waals surface area (Å²) in [4.78, 5) is 29.7. The molecule has 1 amide bonds. The van der Waals surface area contributed by atoms with Gasteiger partial charge in [0.1, 0.15) is 0 Å². The van der Waals surface area contributed by atoms with E-state index in [1.54, 1.807) is 22.8 Å². The maximum atomic E-state index is 12.8. The zero-order chi connectivity index (χ0) is 20.1. The van der Waals surface area contributed by atoms with Crippen LogP contribution in [0.25, 0.3) is 10.9 Å². The van der Waals surface area contributed by atoms with Crippen molar-refractivity contribution in [3.8, 4) is 0 Å². The molecule has 3 rings (SSSR count). The normalized spacial score (nSPS) is 11.0. The number of hydrogen-bond donors (Lipinski definition) is 1. The summed E-state index contributed by atoms with van der Waals surface area (Å²) >= 11 is 7.31. The molecule has 5 nitrogen and oxygen atoms in total. The highest BCUT2D eigenvalue weighted by molar-refractivity contribution is 7.99. The Balaban J connectivity index is 1.75. The molecule has 1 aromatic heterocycles. The lowest BCUT2D eigenvalue weighted by Gasteiger charge is -2.12. The predicted molar refractivity (Wildman–Crippen MR) is 115 cm³/mol. The van der Waals surface area contributed by atoms with Crippen LogP contribution in [0.15, 0.2) is 52.4 Å². The second-order valence-electron chi connectivity index (χ2n) is 6.50. The number of aryl methyl sites for hydroxylation is 1. The van der Waals surface area contributed by atoms with E-state index in [9.17, 15) is 9.59 Å². The van der Waals surface area contributed by atoms with Crippen LogP contribution in [0, 0.1) is 6.92 Å². The van der Waals surface area contributed by atoms with E-state index in [1.165, 1.54) is 11.8 Å². The third-order valence-corrected chi connectivity index (χ3v) is 5.61. The third-order valence-electron chi connectivity index (χ3n) is 4.40. The first-order valence-electron chi connectivity index (χ1n) is 9.13. The van der Waals surface area contributed by atoms with Crippen LogP contribution in [-0.2, 0) is 17.9 Å². The van der Waals surface area contributed by atoms with E-state index in [-0.39, 0.29) is 17.2 Å². The van der Waals surface area contributed by atoms with Gasteiger partial charge in [-0.3, -0.25) is 14.2 Å². The summed E-state index contributed by atoms with van der Waals surface area (Å²) in [5.74, 6) is 0.0884. The number of nitrogens with zero attached hydrogens (tertiary/aromatic N) is 2. The number of halogens is 1.